The van der Waals surface area contributed by atoms with Crippen LogP contribution in [-0.2, 0) is 0 Å². The van der Waals surface area contributed by atoms with Crippen molar-refractivity contribution >= 4 is 5.97 Å². The molecule has 0 saturated heterocycles. The lowest BCUT2D eigenvalue weighted by Crippen LogP contribution is -2.00. The largest absolute Gasteiger partial charge is 0.497 e. The van der Waals surface area contributed by atoms with Crippen LogP contribution in [0.15, 0.2) is 55.0 Å². The van der Waals surface area contributed by atoms with Gasteiger partial charge in [-0.25, -0.2) is 9.78 Å². The van der Waals surface area contributed by atoms with Crippen molar-refractivity contribution in [3.63, 3.8) is 0 Å². The van der Waals surface area contributed by atoms with E-state index in [9.17, 15) is 4.79 Å². The molecule has 0 amide bonds. The molecule has 25 heavy (non-hydrogen) atoms. The van der Waals surface area contributed by atoms with Crippen molar-refractivity contribution in [3.8, 4) is 34.5 Å². The van der Waals surface area contributed by atoms with Crippen LogP contribution in [0.2, 0.25) is 0 Å². The topological polar surface area (TPSA) is 64.4 Å². The van der Waals surface area contributed by atoms with Crippen LogP contribution in [0.25, 0.3) is 16.9 Å². The summed E-state index contributed by atoms with van der Waals surface area (Å²) >= 11 is 0. The Bertz CT molecular complexity index is 993. The van der Waals surface area contributed by atoms with Gasteiger partial charge >= 0.3 is 5.97 Å². The third-order valence-electron chi connectivity index (χ3n) is 3.72. The lowest BCUT2D eigenvalue weighted by molar-refractivity contribution is 0.0696. The zero-order valence-electron chi connectivity index (χ0n) is 13.9. The lowest BCUT2D eigenvalue weighted by Gasteiger charge is -2.04. The van der Waals surface area contributed by atoms with Gasteiger partial charge in [-0.1, -0.05) is 18.1 Å². The standard InChI is InChI=1S/C20H16N2O3/c1-3-5-16-12-22(19-11-15(20(23)24)8-9-21-19)13-18(16)14-6-4-7-17(10-14)25-2/h4,6-13H,1-2H3,(H,23,24). The predicted molar refractivity (Wildman–Crippen MR) is 95.1 cm³/mol. The van der Waals surface area contributed by atoms with Crippen molar-refractivity contribution < 1.29 is 14.6 Å². The van der Waals surface area contributed by atoms with Gasteiger partial charge in [0.15, 0.2) is 0 Å². The van der Waals surface area contributed by atoms with Gasteiger partial charge in [0.1, 0.15) is 11.6 Å². The second-order valence-electron chi connectivity index (χ2n) is 5.31. The number of hydrogen-bond donors (Lipinski definition) is 1. The molecule has 5 nitrogen and oxygen atoms in total. The first kappa shape index (κ1) is 16.3. The fourth-order valence-electron chi connectivity index (χ4n) is 2.53. The summed E-state index contributed by atoms with van der Waals surface area (Å²) in [6.45, 7) is 1.77. The summed E-state index contributed by atoms with van der Waals surface area (Å²) in [4.78, 5) is 15.4. The molecular formula is C20H16N2O3. The Labute approximate surface area is 145 Å². The van der Waals surface area contributed by atoms with Gasteiger partial charge in [-0.3, -0.25) is 0 Å². The molecule has 3 aromatic rings. The van der Waals surface area contributed by atoms with E-state index in [4.69, 9.17) is 9.84 Å². The number of benzene rings is 1. The third-order valence-corrected chi connectivity index (χ3v) is 3.72. The molecule has 0 unspecified atom stereocenters. The number of methoxy groups -OCH3 is 1. The van der Waals surface area contributed by atoms with Crippen LogP contribution in [-0.4, -0.2) is 27.7 Å². The van der Waals surface area contributed by atoms with Gasteiger partial charge in [0.25, 0.3) is 0 Å². The van der Waals surface area contributed by atoms with Gasteiger partial charge in [-0.05, 0) is 36.8 Å². The highest BCUT2D eigenvalue weighted by atomic mass is 16.5. The average molecular weight is 332 g/mol. The number of rotatable bonds is 4. The Kier molecular flexibility index (Phi) is 4.53. The van der Waals surface area contributed by atoms with Gasteiger partial charge < -0.3 is 14.4 Å². The Hall–Kier alpha value is -3.52. The molecule has 0 atom stereocenters. The van der Waals surface area contributed by atoms with E-state index < -0.39 is 5.97 Å². The second kappa shape index (κ2) is 6.93. The molecule has 2 aromatic heterocycles. The second-order valence-corrected chi connectivity index (χ2v) is 5.31. The number of nitrogens with zero attached hydrogens (tertiary/aromatic N) is 2. The van der Waals surface area contributed by atoms with Crippen LogP contribution < -0.4 is 4.74 Å². The third kappa shape index (κ3) is 3.38. The fourth-order valence-corrected chi connectivity index (χ4v) is 2.53. The highest BCUT2D eigenvalue weighted by molar-refractivity contribution is 5.88. The summed E-state index contributed by atoms with van der Waals surface area (Å²) < 4.78 is 7.07. The number of hydrogen-bond acceptors (Lipinski definition) is 3. The monoisotopic (exact) mass is 332 g/mol. The molecule has 1 N–H and O–H groups in total. The molecule has 1 aromatic carbocycles. The van der Waals surface area contributed by atoms with Crippen LogP contribution in [0.4, 0.5) is 0 Å². The minimum absolute atomic E-state index is 0.185. The first-order valence-corrected chi connectivity index (χ1v) is 7.61. The van der Waals surface area contributed by atoms with E-state index in [-0.39, 0.29) is 5.56 Å². The SMILES string of the molecule is CC#Cc1cn(-c2cc(C(=O)O)ccn2)cc1-c1cccc(OC)c1. The Morgan fingerprint density at radius 3 is 2.80 bits per heavy atom. The minimum Gasteiger partial charge on any atom is -0.497 e. The number of aromatic carboxylic acids is 1. The molecule has 0 aliphatic heterocycles. The first-order valence-electron chi connectivity index (χ1n) is 7.61. The Morgan fingerprint density at radius 1 is 1.24 bits per heavy atom. The van der Waals surface area contributed by atoms with E-state index in [2.05, 4.69) is 16.8 Å². The van der Waals surface area contributed by atoms with Crippen LogP contribution in [0.1, 0.15) is 22.8 Å². The van der Waals surface area contributed by atoms with Crippen molar-refractivity contribution in [2.24, 2.45) is 0 Å². The molecule has 0 fully saturated rings. The molecular weight excluding hydrogens is 316 g/mol. The summed E-state index contributed by atoms with van der Waals surface area (Å²) in [5.74, 6) is 6.28. The van der Waals surface area contributed by atoms with Crippen molar-refractivity contribution in [2.45, 2.75) is 6.92 Å². The van der Waals surface area contributed by atoms with Gasteiger partial charge in [-0.2, -0.15) is 0 Å². The van der Waals surface area contributed by atoms with E-state index in [0.717, 1.165) is 22.4 Å². The van der Waals surface area contributed by atoms with Crippen molar-refractivity contribution in [1.82, 2.24) is 9.55 Å². The molecule has 0 aliphatic carbocycles. The van der Waals surface area contributed by atoms with E-state index in [1.165, 1.54) is 18.3 Å². The fraction of sp³-hybridized carbons (Fsp3) is 0.100. The minimum atomic E-state index is -0.989. The number of carboxylic acids is 1. The number of pyridine rings is 1. The molecule has 5 heteroatoms. The summed E-state index contributed by atoms with van der Waals surface area (Å²) in [6.07, 6.45) is 5.22. The molecule has 2 heterocycles. The van der Waals surface area contributed by atoms with E-state index in [1.54, 1.807) is 18.6 Å². The van der Waals surface area contributed by atoms with Crippen LogP contribution in [0.3, 0.4) is 0 Å². The van der Waals surface area contributed by atoms with Gasteiger partial charge in [0.05, 0.1) is 18.2 Å². The zero-order valence-corrected chi connectivity index (χ0v) is 13.9. The Balaban J connectivity index is 2.13. The smallest absolute Gasteiger partial charge is 0.335 e. The maximum Gasteiger partial charge on any atom is 0.335 e. The molecule has 124 valence electrons. The highest BCUT2D eigenvalue weighted by Gasteiger charge is 2.12. The Morgan fingerprint density at radius 2 is 2.08 bits per heavy atom. The van der Waals surface area contributed by atoms with Crippen molar-refractivity contribution in [1.29, 1.82) is 0 Å². The molecule has 0 radical (unpaired) electrons. The van der Waals surface area contributed by atoms with Crippen molar-refractivity contribution in [3.05, 3.63) is 66.1 Å². The first-order chi connectivity index (χ1) is 12.1. The lowest BCUT2D eigenvalue weighted by atomic mass is 10.0. The average Bonchev–Trinajstić information content (AvgIpc) is 3.06. The number of carboxylic acid groups (broad SMARTS) is 1. The summed E-state index contributed by atoms with van der Waals surface area (Å²) in [6, 6.07) is 10.7. The molecule has 0 spiro atoms. The van der Waals surface area contributed by atoms with Gasteiger partial charge in [0, 0.05) is 24.2 Å². The maximum atomic E-state index is 11.2. The summed E-state index contributed by atoms with van der Waals surface area (Å²) in [5, 5.41) is 9.16. The van der Waals surface area contributed by atoms with Gasteiger partial charge in [-0.15, -0.1) is 5.92 Å². The normalized spacial score (nSPS) is 10.0. The highest BCUT2D eigenvalue weighted by Crippen LogP contribution is 2.28. The van der Waals surface area contributed by atoms with Crippen LogP contribution in [0, 0.1) is 11.8 Å². The van der Waals surface area contributed by atoms with E-state index in [1.807, 2.05) is 36.7 Å². The summed E-state index contributed by atoms with van der Waals surface area (Å²) in [5.41, 5.74) is 2.91. The van der Waals surface area contributed by atoms with E-state index in [0.29, 0.717) is 5.82 Å². The number of ether oxygens (including phenoxy) is 1. The maximum absolute atomic E-state index is 11.2. The van der Waals surface area contributed by atoms with E-state index >= 15 is 0 Å². The van der Waals surface area contributed by atoms with Crippen molar-refractivity contribution in [2.75, 3.05) is 7.11 Å². The van der Waals surface area contributed by atoms with Crippen LogP contribution in [0.5, 0.6) is 5.75 Å². The predicted octanol–water partition coefficient (Wildman–Crippen LogP) is 3.62. The number of aromatic nitrogens is 2. The molecule has 0 saturated carbocycles. The quantitative estimate of drug-likeness (QED) is 0.741. The molecule has 3 rings (SSSR count). The van der Waals surface area contributed by atoms with Crippen LogP contribution >= 0.6 is 0 Å². The molecule has 0 aliphatic rings. The summed E-state index contributed by atoms with van der Waals surface area (Å²) in [7, 11) is 1.62. The van der Waals surface area contributed by atoms with Gasteiger partial charge in [0.2, 0.25) is 0 Å². The zero-order chi connectivity index (χ0) is 17.8. The number of carbonyl (C=O) groups is 1. The molecule has 0 bridgehead atoms.